The number of hydrazone groups is 1. The Hall–Kier alpha value is -3.76. The average molecular weight is 598 g/mol. The van der Waals surface area contributed by atoms with E-state index in [2.05, 4.69) is 42.6 Å². The topological polar surface area (TPSA) is 112 Å². The van der Waals surface area contributed by atoms with Gasteiger partial charge in [-0.05, 0) is 56.1 Å². The van der Waals surface area contributed by atoms with Crippen LogP contribution in [0.3, 0.4) is 0 Å². The molecule has 6 rings (SSSR count). The molecule has 10 nitrogen and oxygen atoms in total. The number of amidine groups is 1. The molecule has 0 radical (unpaired) electrons. The summed E-state index contributed by atoms with van der Waals surface area (Å²) in [6, 6.07) is 2.57. The molecule has 2 atom stereocenters. The Balaban J connectivity index is 0.00000173. The molecule has 3 aliphatic heterocycles. The second-order valence-electron chi connectivity index (χ2n) is 9.94. The second kappa shape index (κ2) is 13.0. The van der Waals surface area contributed by atoms with Gasteiger partial charge in [0, 0.05) is 36.3 Å². The van der Waals surface area contributed by atoms with E-state index < -0.39 is 18.0 Å². The van der Waals surface area contributed by atoms with Gasteiger partial charge in [-0.1, -0.05) is 25.7 Å². The molecule has 0 aromatic carbocycles. The van der Waals surface area contributed by atoms with Crippen molar-refractivity contribution in [3.05, 3.63) is 35.8 Å². The van der Waals surface area contributed by atoms with Gasteiger partial charge in [0.15, 0.2) is 10.5 Å². The molecule has 3 fully saturated rings. The summed E-state index contributed by atoms with van der Waals surface area (Å²) >= 11 is 1.28. The third kappa shape index (κ3) is 6.34. The Morgan fingerprint density at radius 3 is 2.67 bits per heavy atom. The van der Waals surface area contributed by atoms with Crippen molar-refractivity contribution in [3.8, 4) is 28.7 Å². The first-order chi connectivity index (χ1) is 20.4. The van der Waals surface area contributed by atoms with Gasteiger partial charge in [-0.25, -0.2) is 13.8 Å². The monoisotopic (exact) mass is 597 g/mol. The minimum atomic E-state index is -2.83. The van der Waals surface area contributed by atoms with Crippen molar-refractivity contribution in [2.45, 2.75) is 57.4 Å². The summed E-state index contributed by atoms with van der Waals surface area (Å²) in [5.41, 5.74) is 3.06. The SMILES string of the molecule is CC.COc1cnc(C(F)F)cc1-c1cc(N2CCN3CCCC3C2=O)ncc1C(=O)NC1=NNC(C#CC2CC2)S1. The van der Waals surface area contributed by atoms with Gasteiger partial charge in [0.2, 0.25) is 5.91 Å². The number of aromatic nitrogens is 2. The molecule has 1 saturated carbocycles. The molecule has 0 spiro atoms. The number of anilines is 1. The first kappa shape index (κ1) is 29.7. The predicted molar refractivity (Wildman–Crippen MR) is 157 cm³/mol. The van der Waals surface area contributed by atoms with Crippen LogP contribution < -0.4 is 20.4 Å². The van der Waals surface area contributed by atoms with Gasteiger partial charge in [0.25, 0.3) is 12.3 Å². The number of rotatable bonds is 5. The van der Waals surface area contributed by atoms with E-state index in [0.717, 1.165) is 32.2 Å². The lowest BCUT2D eigenvalue weighted by atomic mass is 9.99. The molecule has 13 heteroatoms. The highest BCUT2D eigenvalue weighted by atomic mass is 32.2. The van der Waals surface area contributed by atoms with Crippen LogP contribution in [0, 0.1) is 17.8 Å². The number of alkyl halides is 2. The van der Waals surface area contributed by atoms with Crippen molar-refractivity contribution < 1.29 is 23.1 Å². The van der Waals surface area contributed by atoms with Crippen LogP contribution in [0.5, 0.6) is 5.75 Å². The summed E-state index contributed by atoms with van der Waals surface area (Å²) in [7, 11) is 1.39. The Morgan fingerprint density at radius 1 is 1.12 bits per heavy atom. The van der Waals surface area contributed by atoms with Gasteiger partial charge >= 0.3 is 0 Å². The summed E-state index contributed by atoms with van der Waals surface area (Å²) in [6.07, 6.45) is 3.67. The van der Waals surface area contributed by atoms with E-state index >= 15 is 0 Å². The summed E-state index contributed by atoms with van der Waals surface area (Å²) in [4.78, 5) is 38.8. The fourth-order valence-corrected chi connectivity index (χ4v) is 5.77. The molecule has 2 aromatic rings. The third-order valence-corrected chi connectivity index (χ3v) is 8.16. The lowest BCUT2D eigenvalue weighted by Crippen LogP contribution is -2.54. The molecule has 0 bridgehead atoms. The minimum Gasteiger partial charge on any atom is -0.494 e. The summed E-state index contributed by atoms with van der Waals surface area (Å²) < 4.78 is 32.7. The van der Waals surface area contributed by atoms with Gasteiger partial charge in [0.05, 0.1) is 24.9 Å². The van der Waals surface area contributed by atoms with Crippen LogP contribution in [0.1, 0.15) is 62.0 Å². The summed E-state index contributed by atoms with van der Waals surface area (Å²) in [6.45, 7) is 6.03. The normalized spacial score (nSPS) is 21.4. The zero-order chi connectivity index (χ0) is 29.8. The van der Waals surface area contributed by atoms with E-state index in [1.165, 1.54) is 37.3 Å². The van der Waals surface area contributed by atoms with Crippen LogP contribution in [0.2, 0.25) is 0 Å². The average Bonchev–Trinajstić information content (AvgIpc) is 3.52. The zero-order valence-electron chi connectivity index (χ0n) is 23.7. The number of halogens is 2. The Labute approximate surface area is 247 Å². The highest BCUT2D eigenvalue weighted by Gasteiger charge is 2.39. The van der Waals surface area contributed by atoms with Crippen LogP contribution in [-0.4, -0.2) is 70.0 Å². The molecule has 222 valence electrons. The number of hydrogen-bond donors (Lipinski definition) is 2. The van der Waals surface area contributed by atoms with Gasteiger partial charge in [-0.3, -0.25) is 35.1 Å². The highest BCUT2D eigenvalue weighted by Crippen LogP contribution is 2.37. The Kier molecular flexibility index (Phi) is 9.23. The number of nitrogens with one attached hydrogen (secondary N) is 2. The number of methoxy groups -OCH3 is 1. The number of nitrogens with zero attached hydrogens (tertiary/aromatic N) is 5. The number of fused-ring (bicyclic) bond motifs is 1. The number of thioether (sulfide) groups is 1. The van der Waals surface area contributed by atoms with Crippen LogP contribution in [0.15, 0.2) is 29.6 Å². The molecular weight excluding hydrogens is 564 g/mol. The quantitative estimate of drug-likeness (QED) is 0.498. The molecule has 2 unspecified atom stereocenters. The third-order valence-electron chi connectivity index (χ3n) is 7.29. The number of amides is 2. The van der Waals surface area contributed by atoms with Crippen LogP contribution in [0.4, 0.5) is 14.6 Å². The number of carbonyl (C=O) groups is 2. The Morgan fingerprint density at radius 2 is 1.93 bits per heavy atom. The summed E-state index contributed by atoms with van der Waals surface area (Å²) in [5.74, 6) is 6.65. The van der Waals surface area contributed by atoms with Crippen molar-refractivity contribution in [1.82, 2.24) is 25.6 Å². The molecule has 2 N–H and O–H groups in total. The van der Waals surface area contributed by atoms with Gasteiger partial charge < -0.3 is 4.74 Å². The first-order valence-corrected chi connectivity index (χ1v) is 15.0. The Bertz CT molecular complexity index is 1440. The molecular formula is C29H33F2N7O3S. The van der Waals surface area contributed by atoms with E-state index in [1.807, 2.05) is 13.8 Å². The second-order valence-corrected chi connectivity index (χ2v) is 11.0. The number of pyridine rings is 2. The molecule has 2 aromatic heterocycles. The maximum absolute atomic E-state index is 13.6. The molecule has 42 heavy (non-hydrogen) atoms. The fourth-order valence-electron chi connectivity index (χ4n) is 5.05. The number of hydrogen-bond acceptors (Lipinski definition) is 9. The molecule has 2 amide bonds. The predicted octanol–water partition coefficient (Wildman–Crippen LogP) is 4.00. The zero-order valence-corrected chi connectivity index (χ0v) is 24.5. The maximum Gasteiger partial charge on any atom is 0.280 e. The molecule has 2 saturated heterocycles. The first-order valence-electron chi connectivity index (χ1n) is 14.1. The largest absolute Gasteiger partial charge is 0.494 e. The standard InChI is InChI=1S/C27H27F2N7O3S.C2H6/c1-39-21-14-30-19(24(28)29)11-17(21)16-12-22(36-10-9-35-8-2-3-20(35)26(36)38)31-13-18(16)25(37)32-27-34-33-23(40-27)7-6-15-4-5-15;1-2/h11-15,20,23-24,33H,2-5,8-10H2,1H3,(H,32,34,37);1-2H3. The van der Waals surface area contributed by atoms with Crippen molar-refractivity contribution >= 4 is 34.6 Å². The van der Waals surface area contributed by atoms with Crippen molar-refractivity contribution in [2.75, 3.05) is 31.6 Å². The molecule has 4 aliphatic rings. The van der Waals surface area contributed by atoms with E-state index in [4.69, 9.17) is 4.74 Å². The van der Waals surface area contributed by atoms with E-state index in [0.29, 0.717) is 30.0 Å². The van der Waals surface area contributed by atoms with E-state index in [9.17, 15) is 18.4 Å². The number of carbonyl (C=O) groups excluding carboxylic acids is 2. The lowest BCUT2D eigenvalue weighted by Gasteiger charge is -2.36. The maximum atomic E-state index is 13.6. The molecule has 5 heterocycles. The smallest absolute Gasteiger partial charge is 0.280 e. The lowest BCUT2D eigenvalue weighted by molar-refractivity contribution is -0.124. The van der Waals surface area contributed by atoms with Crippen molar-refractivity contribution in [1.29, 1.82) is 0 Å². The van der Waals surface area contributed by atoms with Crippen LogP contribution in [0.25, 0.3) is 11.1 Å². The van der Waals surface area contributed by atoms with Gasteiger partial charge in [-0.15, -0.1) is 0 Å². The van der Waals surface area contributed by atoms with Crippen LogP contribution in [-0.2, 0) is 4.79 Å². The minimum absolute atomic E-state index is 0.0597. The van der Waals surface area contributed by atoms with Gasteiger partial charge in [-0.2, -0.15) is 5.10 Å². The van der Waals surface area contributed by atoms with Gasteiger partial charge in [0.1, 0.15) is 17.3 Å². The van der Waals surface area contributed by atoms with Crippen molar-refractivity contribution in [2.24, 2.45) is 11.0 Å². The highest BCUT2D eigenvalue weighted by molar-refractivity contribution is 8.14. The number of ether oxygens (including phenoxy) is 1. The fraction of sp³-hybridized carbons (Fsp3) is 0.483. The molecule has 1 aliphatic carbocycles. The van der Waals surface area contributed by atoms with Crippen LogP contribution >= 0.6 is 11.8 Å². The summed E-state index contributed by atoms with van der Waals surface area (Å²) in [5, 5.41) is 6.99. The van der Waals surface area contributed by atoms with E-state index in [1.54, 1.807) is 11.0 Å². The van der Waals surface area contributed by atoms with Crippen molar-refractivity contribution in [3.63, 3.8) is 0 Å². The van der Waals surface area contributed by atoms with E-state index in [-0.39, 0.29) is 39.8 Å². The number of piperazine rings is 1.